The van der Waals surface area contributed by atoms with Gasteiger partial charge in [0.2, 0.25) is 0 Å². The van der Waals surface area contributed by atoms with E-state index in [0.717, 1.165) is 6.54 Å². The van der Waals surface area contributed by atoms with E-state index in [1.807, 2.05) is 11.7 Å². The van der Waals surface area contributed by atoms with Crippen molar-refractivity contribution in [3.63, 3.8) is 0 Å². The Hall–Kier alpha value is -0.990. The first-order valence-electron chi connectivity index (χ1n) is 4.99. The van der Waals surface area contributed by atoms with E-state index in [2.05, 4.69) is 24.3 Å². The zero-order valence-corrected chi connectivity index (χ0v) is 8.59. The summed E-state index contributed by atoms with van der Waals surface area (Å²) in [6.07, 6.45) is 2.42. The molecular weight excluding hydrogens is 162 g/mol. The van der Waals surface area contributed by atoms with Gasteiger partial charge in [-0.25, -0.2) is 0 Å². The molecule has 0 aromatic carbocycles. The van der Waals surface area contributed by atoms with Crippen LogP contribution in [-0.2, 0) is 13.5 Å². The summed E-state index contributed by atoms with van der Waals surface area (Å²) >= 11 is 0. The summed E-state index contributed by atoms with van der Waals surface area (Å²) in [7, 11) is 2.02. The Bertz CT molecular complexity index is 312. The monoisotopic (exact) mass is 179 g/mol. The Labute approximate surface area is 79.1 Å². The van der Waals surface area contributed by atoms with E-state index in [9.17, 15) is 0 Å². The fourth-order valence-electron chi connectivity index (χ4n) is 1.99. The maximum absolute atomic E-state index is 4.55. The standard InChI is InChI=1S/C10H17N3/c1-7(2)9-8-5-4-6-11-10(8)13(3)12-9/h7,11H,4-6H2,1-3H3. The van der Waals surface area contributed by atoms with Crippen LogP contribution in [0.25, 0.3) is 0 Å². The van der Waals surface area contributed by atoms with Crippen LogP contribution in [0.4, 0.5) is 5.82 Å². The van der Waals surface area contributed by atoms with Crippen molar-refractivity contribution in [3.05, 3.63) is 11.3 Å². The maximum atomic E-state index is 4.55. The fourth-order valence-corrected chi connectivity index (χ4v) is 1.99. The highest BCUT2D eigenvalue weighted by molar-refractivity contribution is 5.50. The van der Waals surface area contributed by atoms with E-state index < -0.39 is 0 Å². The van der Waals surface area contributed by atoms with Gasteiger partial charge in [0.1, 0.15) is 5.82 Å². The van der Waals surface area contributed by atoms with Crippen molar-refractivity contribution in [1.82, 2.24) is 9.78 Å². The highest BCUT2D eigenvalue weighted by atomic mass is 15.3. The molecule has 0 saturated carbocycles. The molecule has 1 aliphatic rings. The second-order valence-corrected chi connectivity index (χ2v) is 4.02. The minimum Gasteiger partial charge on any atom is -0.370 e. The summed E-state index contributed by atoms with van der Waals surface area (Å²) in [5, 5.41) is 7.95. The molecule has 2 heterocycles. The Morgan fingerprint density at radius 2 is 2.23 bits per heavy atom. The normalized spacial score (nSPS) is 15.7. The molecule has 2 rings (SSSR count). The lowest BCUT2D eigenvalue weighted by Gasteiger charge is -2.15. The van der Waals surface area contributed by atoms with E-state index in [1.165, 1.54) is 29.9 Å². The van der Waals surface area contributed by atoms with Crippen LogP contribution in [-0.4, -0.2) is 16.3 Å². The van der Waals surface area contributed by atoms with Crippen molar-refractivity contribution in [2.75, 3.05) is 11.9 Å². The van der Waals surface area contributed by atoms with Gasteiger partial charge in [0.15, 0.2) is 0 Å². The van der Waals surface area contributed by atoms with Crippen molar-refractivity contribution < 1.29 is 0 Å². The highest BCUT2D eigenvalue weighted by Crippen LogP contribution is 2.28. The summed E-state index contributed by atoms with van der Waals surface area (Å²) < 4.78 is 1.98. The van der Waals surface area contributed by atoms with Crippen LogP contribution in [0.1, 0.15) is 37.4 Å². The first kappa shape index (κ1) is 8.60. The molecule has 0 unspecified atom stereocenters. The Morgan fingerprint density at radius 1 is 1.46 bits per heavy atom. The van der Waals surface area contributed by atoms with E-state index >= 15 is 0 Å². The summed E-state index contributed by atoms with van der Waals surface area (Å²) in [5.41, 5.74) is 2.70. The van der Waals surface area contributed by atoms with Crippen LogP contribution in [0.2, 0.25) is 0 Å². The van der Waals surface area contributed by atoms with Crippen LogP contribution in [0.5, 0.6) is 0 Å². The SMILES string of the molecule is CC(C)c1nn(C)c2c1CCCN2. The zero-order chi connectivity index (χ0) is 9.42. The quantitative estimate of drug-likeness (QED) is 0.713. The van der Waals surface area contributed by atoms with Gasteiger partial charge < -0.3 is 5.32 Å². The van der Waals surface area contributed by atoms with Crippen molar-refractivity contribution in [2.45, 2.75) is 32.6 Å². The molecule has 0 radical (unpaired) electrons. The predicted molar refractivity (Wildman–Crippen MR) is 54.1 cm³/mol. The van der Waals surface area contributed by atoms with Crippen LogP contribution in [0, 0.1) is 0 Å². The minimum absolute atomic E-state index is 0.537. The molecule has 1 aromatic rings. The average Bonchev–Trinajstić information content (AvgIpc) is 2.45. The molecule has 1 N–H and O–H groups in total. The molecular formula is C10H17N3. The molecule has 0 spiro atoms. The first-order chi connectivity index (χ1) is 6.20. The number of rotatable bonds is 1. The van der Waals surface area contributed by atoms with Crippen LogP contribution in [0.3, 0.4) is 0 Å². The van der Waals surface area contributed by atoms with Crippen LogP contribution in [0.15, 0.2) is 0 Å². The second kappa shape index (κ2) is 3.05. The van der Waals surface area contributed by atoms with Gasteiger partial charge in [0, 0.05) is 19.2 Å². The maximum Gasteiger partial charge on any atom is 0.127 e. The topological polar surface area (TPSA) is 29.9 Å². The summed E-state index contributed by atoms with van der Waals surface area (Å²) in [6.45, 7) is 5.50. The lowest BCUT2D eigenvalue weighted by molar-refractivity contribution is 0.716. The molecule has 0 atom stereocenters. The fraction of sp³-hybridized carbons (Fsp3) is 0.700. The van der Waals surface area contributed by atoms with E-state index in [4.69, 9.17) is 0 Å². The summed E-state index contributed by atoms with van der Waals surface area (Å²) in [5.74, 6) is 1.77. The van der Waals surface area contributed by atoms with Crippen molar-refractivity contribution >= 4 is 5.82 Å². The lowest BCUT2D eigenvalue weighted by Crippen LogP contribution is -2.13. The van der Waals surface area contributed by atoms with Gasteiger partial charge in [-0.1, -0.05) is 13.8 Å². The highest BCUT2D eigenvalue weighted by Gasteiger charge is 2.20. The summed E-state index contributed by atoms with van der Waals surface area (Å²) in [4.78, 5) is 0. The third kappa shape index (κ3) is 1.32. The van der Waals surface area contributed by atoms with Gasteiger partial charge in [-0.15, -0.1) is 0 Å². The third-order valence-electron chi connectivity index (χ3n) is 2.62. The van der Waals surface area contributed by atoms with Crippen LogP contribution >= 0.6 is 0 Å². The minimum atomic E-state index is 0.537. The average molecular weight is 179 g/mol. The molecule has 1 aromatic heterocycles. The number of aromatic nitrogens is 2. The van der Waals surface area contributed by atoms with Gasteiger partial charge in [0.25, 0.3) is 0 Å². The first-order valence-corrected chi connectivity index (χ1v) is 4.99. The Kier molecular flexibility index (Phi) is 2.02. The molecule has 0 aliphatic carbocycles. The lowest BCUT2D eigenvalue weighted by atomic mass is 10.00. The number of aryl methyl sites for hydroxylation is 1. The van der Waals surface area contributed by atoms with E-state index in [0.29, 0.717) is 5.92 Å². The number of nitrogens with zero attached hydrogens (tertiary/aromatic N) is 2. The molecule has 0 fully saturated rings. The molecule has 0 bridgehead atoms. The van der Waals surface area contributed by atoms with Crippen molar-refractivity contribution in [3.8, 4) is 0 Å². The molecule has 0 saturated heterocycles. The van der Waals surface area contributed by atoms with Gasteiger partial charge >= 0.3 is 0 Å². The molecule has 72 valence electrons. The molecule has 3 nitrogen and oxygen atoms in total. The number of hydrogen-bond acceptors (Lipinski definition) is 2. The van der Waals surface area contributed by atoms with E-state index in [1.54, 1.807) is 0 Å². The summed E-state index contributed by atoms with van der Waals surface area (Å²) in [6, 6.07) is 0. The van der Waals surface area contributed by atoms with Crippen LogP contribution < -0.4 is 5.32 Å². The van der Waals surface area contributed by atoms with Crippen molar-refractivity contribution in [2.24, 2.45) is 7.05 Å². The largest absolute Gasteiger partial charge is 0.370 e. The molecule has 0 amide bonds. The number of anilines is 1. The Morgan fingerprint density at radius 3 is 2.92 bits per heavy atom. The van der Waals surface area contributed by atoms with Gasteiger partial charge in [-0.2, -0.15) is 5.10 Å². The molecule has 1 aliphatic heterocycles. The molecule has 3 heteroatoms. The number of nitrogens with one attached hydrogen (secondary N) is 1. The Balaban J connectivity index is 2.47. The van der Waals surface area contributed by atoms with Gasteiger partial charge in [-0.3, -0.25) is 4.68 Å². The number of fused-ring (bicyclic) bond motifs is 1. The van der Waals surface area contributed by atoms with Gasteiger partial charge in [0.05, 0.1) is 5.69 Å². The van der Waals surface area contributed by atoms with Gasteiger partial charge in [-0.05, 0) is 18.8 Å². The number of hydrogen-bond donors (Lipinski definition) is 1. The smallest absolute Gasteiger partial charge is 0.127 e. The third-order valence-corrected chi connectivity index (χ3v) is 2.62. The van der Waals surface area contributed by atoms with E-state index in [-0.39, 0.29) is 0 Å². The predicted octanol–water partition coefficient (Wildman–Crippen LogP) is 1.90. The van der Waals surface area contributed by atoms with Crippen molar-refractivity contribution in [1.29, 1.82) is 0 Å². The molecule has 13 heavy (non-hydrogen) atoms. The second-order valence-electron chi connectivity index (χ2n) is 4.02. The zero-order valence-electron chi connectivity index (χ0n) is 8.59.